The van der Waals surface area contributed by atoms with Crippen LogP contribution in [0.5, 0.6) is 0 Å². The van der Waals surface area contributed by atoms with Crippen molar-refractivity contribution >= 4 is 49.1 Å². The summed E-state index contributed by atoms with van der Waals surface area (Å²) in [6.45, 7) is 0.262. The maximum absolute atomic E-state index is 13.0. The molecule has 1 fully saturated rings. The Bertz CT molecular complexity index is 1390. The summed E-state index contributed by atoms with van der Waals surface area (Å²) < 4.78 is 30.2. The van der Waals surface area contributed by atoms with Gasteiger partial charge in [0.2, 0.25) is 10.0 Å². The van der Waals surface area contributed by atoms with Gasteiger partial charge >= 0.3 is 0 Å². The normalized spacial score (nSPS) is 15.8. The van der Waals surface area contributed by atoms with E-state index in [4.69, 9.17) is 18.0 Å². The van der Waals surface area contributed by atoms with Crippen LogP contribution in [-0.4, -0.2) is 36.3 Å². The number of terminal acetylenes is 1. The molecule has 0 unspecified atom stereocenters. The number of hydrogen-bond donors (Lipinski definition) is 0. The van der Waals surface area contributed by atoms with Crippen molar-refractivity contribution in [3.63, 3.8) is 0 Å². The smallest absolute Gasteiger partial charge is 0.279 e. The largest absolute Gasteiger partial charge is 0.305 e. The molecule has 172 valence electrons. The van der Waals surface area contributed by atoms with Crippen molar-refractivity contribution in [1.29, 1.82) is 0 Å². The summed E-state index contributed by atoms with van der Waals surface area (Å²) in [5.74, 6) is 2.12. The van der Waals surface area contributed by atoms with Crippen molar-refractivity contribution in [2.24, 2.45) is 4.99 Å². The highest BCUT2D eigenvalue weighted by Crippen LogP contribution is 2.27. The minimum atomic E-state index is -3.62. The summed E-state index contributed by atoms with van der Waals surface area (Å²) in [5, 5.41) is 0.587. The average Bonchev–Trinajstić information content (AvgIpc) is 3.15. The summed E-state index contributed by atoms with van der Waals surface area (Å²) in [4.78, 5) is 17.7. The number of carbonyl (C=O) groups excluding carboxylic acids is 1. The van der Waals surface area contributed by atoms with E-state index in [9.17, 15) is 13.2 Å². The lowest BCUT2D eigenvalue weighted by Gasteiger charge is -2.30. The first kappa shape index (κ1) is 23.7. The van der Waals surface area contributed by atoms with Crippen LogP contribution in [0.1, 0.15) is 42.5 Å². The van der Waals surface area contributed by atoms with Crippen LogP contribution >= 0.6 is 22.9 Å². The Hall–Kier alpha value is -2.44. The second-order valence-electron chi connectivity index (χ2n) is 8.04. The van der Waals surface area contributed by atoms with Gasteiger partial charge in [-0.3, -0.25) is 4.79 Å². The van der Waals surface area contributed by atoms with Crippen LogP contribution in [0.15, 0.2) is 52.4 Å². The summed E-state index contributed by atoms with van der Waals surface area (Å²) in [6, 6.07) is 11.4. The molecule has 4 rings (SSSR count). The maximum atomic E-state index is 13.0. The predicted octanol–water partition coefficient (Wildman–Crippen LogP) is 4.68. The zero-order valence-corrected chi connectivity index (χ0v) is 20.6. The van der Waals surface area contributed by atoms with Crippen molar-refractivity contribution in [3.8, 4) is 12.3 Å². The lowest BCUT2D eigenvalue weighted by molar-refractivity contribution is 0.0998. The van der Waals surface area contributed by atoms with Gasteiger partial charge in [-0.15, -0.1) is 6.42 Å². The van der Waals surface area contributed by atoms with E-state index < -0.39 is 15.9 Å². The monoisotopic (exact) mass is 501 g/mol. The second-order valence-corrected chi connectivity index (χ2v) is 11.5. The molecule has 0 aliphatic heterocycles. The first-order valence-corrected chi connectivity index (χ1v) is 13.3. The Morgan fingerprint density at radius 3 is 2.58 bits per heavy atom. The van der Waals surface area contributed by atoms with Crippen molar-refractivity contribution in [1.82, 2.24) is 8.87 Å². The molecule has 0 radical (unpaired) electrons. The van der Waals surface area contributed by atoms with E-state index in [1.807, 2.05) is 6.07 Å². The van der Waals surface area contributed by atoms with E-state index in [-0.39, 0.29) is 17.5 Å². The lowest BCUT2D eigenvalue weighted by atomic mass is 9.96. The molecule has 1 saturated carbocycles. The molecule has 2 aromatic carbocycles. The summed E-state index contributed by atoms with van der Waals surface area (Å²) in [6.07, 6.45) is 10.5. The Morgan fingerprint density at radius 2 is 1.91 bits per heavy atom. The van der Waals surface area contributed by atoms with E-state index in [2.05, 4.69) is 10.9 Å². The van der Waals surface area contributed by atoms with Gasteiger partial charge < -0.3 is 4.57 Å². The first-order chi connectivity index (χ1) is 15.8. The van der Waals surface area contributed by atoms with Gasteiger partial charge in [0, 0.05) is 23.7 Å². The topological polar surface area (TPSA) is 71.7 Å². The van der Waals surface area contributed by atoms with Crippen molar-refractivity contribution in [2.75, 3.05) is 7.05 Å². The van der Waals surface area contributed by atoms with E-state index >= 15 is 0 Å². The fourth-order valence-corrected chi connectivity index (χ4v) is 6.82. The molecule has 0 saturated heterocycles. The minimum Gasteiger partial charge on any atom is -0.305 e. The zero-order chi connectivity index (χ0) is 23.6. The van der Waals surface area contributed by atoms with Crippen molar-refractivity contribution in [2.45, 2.75) is 49.6 Å². The van der Waals surface area contributed by atoms with E-state index in [1.165, 1.54) is 39.9 Å². The Balaban J connectivity index is 1.62. The number of halogens is 1. The van der Waals surface area contributed by atoms with Crippen molar-refractivity contribution in [3.05, 3.63) is 57.9 Å². The van der Waals surface area contributed by atoms with Gasteiger partial charge in [-0.05, 0) is 55.3 Å². The number of rotatable bonds is 5. The van der Waals surface area contributed by atoms with Crippen LogP contribution in [0.25, 0.3) is 10.2 Å². The predicted molar refractivity (Wildman–Crippen MR) is 132 cm³/mol. The standard InChI is InChI=1S/C24H24ClN3O3S2/c1-3-15-28-21-14-11-18(25)16-22(21)32-24(28)26-23(29)17-9-12-20(13-10-17)33(30,31)27(2)19-7-5-4-6-8-19/h1,9-14,16,19H,4-8,15H2,2H3. The van der Waals surface area contributed by atoms with Gasteiger partial charge in [0.15, 0.2) is 4.80 Å². The molecule has 1 aliphatic rings. The first-order valence-electron chi connectivity index (χ1n) is 10.7. The molecular weight excluding hydrogens is 478 g/mol. The van der Waals surface area contributed by atoms with E-state index in [0.717, 1.165) is 42.3 Å². The highest BCUT2D eigenvalue weighted by atomic mass is 35.5. The maximum Gasteiger partial charge on any atom is 0.279 e. The third-order valence-corrected chi connectivity index (χ3v) is 9.16. The Morgan fingerprint density at radius 1 is 1.21 bits per heavy atom. The molecule has 0 bridgehead atoms. The molecule has 33 heavy (non-hydrogen) atoms. The fourth-order valence-electron chi connectivity index (χ4n) is 4.10. The number of benzene rings is 2. The number of thiazole rings is 1. The molecular formula is C24H24ClN3O3S2. The molecule has 9 heteroatoms. The third-order valence-electron chi connectivity index (χ3n) is 5.96. The van der Waals surface area contributed by atoms with E-state index in [1.54, 1.807) is 23.7 Å². The van der Waals surface area contributed by atoms with Gasteiger partial charge in [0.05, 0.1) is 21.7 Å². The molecule has 0 N–H and O–H groups in total. The quantitative estimate of drug-likeness (QED) is 0.476. The lowest BCUT2D eigenvalue weighted by Crippen LogP contribution is -2.38. The third kappa shape index (κ3) is 4.92. The molecule has 3 aromatic rings. The highest BCUT2D eigenvalue weighted by molar-refractivity contribution is 7.89. The number of fused-ring (bicyclic) bond motifs is 1. The van der Waals surface area contributed by atoms with E-state index in [0.29, 0.717) is 15.4 Å². The van der Waals surface area contributed by atoms with Gasteiger partial charge in [0.1, 0.15) is 0 Å². The van der Waals surface area contributed by atoms with Crippen LogP contribution in [0.2, 0.25) is 5.02 Å². The average molecular weight is 502 g/mol. The van der Waals surface area contributed by atoms with Crippen LogP contribution in [0, 0.1) is 12.3 Å². The van der Waals surface area contributed by atoms with Crippen LogP contribution in [-0.2, 0) is 16.6 Å². The van der Waals surface area contributed by atoms with Gasteiger partial charge in [-0.2, -0.15) is 9.30 Å². The molecule has 1 amide bonds. The molecule has 0 spiro atoms. The molecule has 6 nitrogen and oxygen atoms in total. The second kappa shape index (κ2) is 9.82. The molecule has 1 heterocycles. The number of carbonyl (C=O) groups is 1. The fraction of sp³-hybridized carbons (Fsp3) is 0.333. The molecule has 1 aliphatic carbocycles. The summed E-state index contributed by atoms with van der Waals surface area (Å²) >= 11 is 7.41. The summed E-state index contributed by atoms with van der Waals surface area (Å²) in [7, 11) is -1.98. The number of nitrogens with zero attached hydrogens (tertiary/aromatic N) is 3. The molecule has 1 aromatic heterocycles. The number of amides is 1. The van der Waals surface area contributed by atoms with Gasteiger partial charge in [0.25, 0.3) is 5.91 Å². The Labute approximate surface area is 202 Å². The number of hydrogen-bond acceptors (Lipinski definition) is 4. The van der Waals surface area contributed by atoms with Gasteiger partial charge in [-0.25, -0.2) is 8.42 Å². The SMILES string of the molecule is C#CCn1c(=NC(=O)c2ccc(S(=O)(=O)N(C)C3CCCCC3)cc2)sc2cc(Cl)ccc21. The minimum absolute atomic E-state index is 0.0214. The highest BCUT2D eigenvalue weighted by Gasteiger charge is 2.29. The van der Waals surface area contributed by atoms with Crippen LogP contribution < -0.4 is 4.80 Å². The van der Waals surface area contributed by atoms with Crippen LogP contribution in [0.4, 0.5) is 0 Å². The Kier molecular flexibility index (Phi) is 7.05. The van der Waals surface area contributed by atoms with Crippen molar-refractivity contribution < 1.29 is 13.2 Å². The number of aromatic nitrogens is 1. The number of sulfonamides is 1. The van der Waals surface area contributed by atoms with Gasteiger partial charge in [-0.1, -0.05) is 48.1 Å². The van der Waals surface area contributed by atoms with Crippen LogP contribution in [0.3, 0.4) is 0 Å². The summed E-state index contributed by atoms with van der Waals surface area (Å²) in [5.41, 5.74) is 1.15. The molecule has 0 atom stereocenters. The zero-order valence-electron chi connectivity index (χ0n) is 18.2.